The molecule has 1 aromatic carbocycles. The summed E-state index contributed by atoms with van der Waals surface area (Å²) in [6.45, 7) is 6.11. The van der Waals surface area contributed by atoms with Gasteiger partial charge in [-0.15, -0.1) is 5.10 Å². The lowest BCUT2D eigenvalue weighted by molar-refractivity contribution is -0.529. The molecule has 0 saturated carbocycles. The number of nitrogens with zero attached hydrogens (tertiary/aromatic N) is 5. The number of hydrazone groups is 1. The molecule has 0 aliphatic carbocycles. The van der Waals surface area contributed by atoms with Crippen molar-refractivity contribution in [3.63, 3.8) is 0 Å². The second kappa shape index (κ2) is 7.02. The third kappa shape index (κ3) is 3.31. The Kier molecular flexibility index (Phi) is 4.76. The van der Waals surface area contributed by atoms with Crippen LogP contribution in [0.2, 0.25) is 0 Å². The Morgan fingerprint density at radius 3 is 2.74 bits per heavy atom. The van der Waals surface area contributed by atoms with Gasteiger partial charge in [0.25, 0.3) is 5.91 Å². The lowest BCUT2D eigenvalue weighted by Crippen LogP contribution is -2.61. The van der Waals surface area contributed by atoms with Crippen molar-refractivity contribution in [2.24, 2.45) is 10.1 Å². The minimum absolute atomic E-state index is 0.0976. The van der Waals surface area contributed by atoms with Gasteiger partial charge in [0, 0.05) is 19.7 Å². The van der Waals surface area contributed by atoms with Gasteiger partial charge in [0.15, 0.2) is 0 Å². The van der Waals surface area contributed by atoms with E-state index in [-0.39, 0.29) is 11.7 Å². The van der Waals surface area contributed by atoms with Crippen molar-refractivity contribution in [1.82, 2.24) is 15.2 Å². The van der Waals surface area contributed by atoms with Crippen LogP contribution in [0.3, 0.4) is 0 Å². The van der Waals surface area contributed by atoms with E-state index in [2.05, 4.69) is 22.1 Å². The number of phenols is 1. The van der Waals surface area contributed by atoms with Crippen molar-refractivity contribution in [1.29, 1.82) is 0 Å². The Balaban J connectivity index is 1.93. The normalized spacial score (nSPS) is 19.7. The first-order valence-electron chi connectivity index (χ1n) is 8.30. The van der Waals surface area contributed by atoms with E-state index < -0.39 is 12.1 Å². The number of benzene rings is 1. The highest BCUT2D eigenvalue weighted by Crippen LogP contribution is 2.19. The molecule has 0 spiro atoms. The third-order valence-electron chi connectivity index (χ3n) is 4.28. The number of phenolic OH excluding ortho intramolecular Hbond substituents is 1. The van der Waals surface area contributed by atoms with Crippen LogP contribution >= 0.6 is 0 Å². The average molecular weight is 369 g/mol. The zero-order chi connectivity index (χ0) is 19.7. The Bertz CT molecular complexity index is 917. The summed E-state index contributed by atoms with van der Waals surface area (Å²) in [6, 6.07) is 5.60. The number of hydrogen-bond acceptors (Lipinski definition) is 6. The van der Waals surface area contributed by atoms with Gasteiger partial charge in [0.2, 0.25) is 11.9 Å². The lowest BCUT2D eigenvalue weighted by atomic mass is 10.1. The highest BCUT2D eigenvalue weighted by atomic mass is 16.3. The second-order valence-electron chi connectivity index (χ2n) is 6.45. The smallest absolute Gasteiger partial charge is 0.414 e. The number of amidine groups is 1. The molecule has 3 rings (SSSR count). The summed E-state index contributed by atoms with van der Waals surface area (Å²) in [5.74, 6) is 0.401. The summed E-state index contributed by atoms with van der Waals surface area (Å²) in [6.07, 6.45) is 1.45. The molecule has 27 heavy (non-hydrogen) atoms. The summed E-state index contributed by atoms with van der Waals surface area (Å²) >= 11 is 0. The van der Waals surface area contributed by atoms with Gasteiger partial charge in [0.1, 0.15) is 5.75 Å². The number of carbonyl (C=O) groups is 2. The first kappa shape index (κ1) is 18.3. The van der Waals surface area contributed by atoms with Crippen LogP contribution in [0.25, 0.3) is 0 Å². The molecule has 9 nitrogen and oxygen atoms in total. The lowest BCUT2D eigenvalue weighted by Gasteiger charge is -2.31. The maximum atomic E-state index is 12.7. The number of fused-ring (bicyclic) bond motifs is 1. The number of aliphatic imine (C=N–C) groups is 1. The fourth-order valence-corrected chi connectivity index (χ4v) is 2.90. The molecule has 0 aromatic heterocycles. The molecule has 3 amide bonds. The zero-order valence-electron chi connectivity index (χ0n) is 15.4. The van der Waals surface area contributed by atoms with Crippen molar-refractivity contribution >= 4 is 29.9 Å². The van der Waals surface area contributed by atoms with Crippen LogP contribution in [0.4, 0.5) is 4.79 Å². The monoisotopic (exact) mass is 369 g/mol. The Hall–Kier alpha value is -3.49. The average Bonchev–Trinajstić information content (AvgIpc) is 2.97. The third-order valence-corrected chi connectivity index (χ3v) is 4.28. The van der Waals surface area contributed by atoms with E-state index in [0.29, 0.717) is 23.9 Å². The number of likely N-dealkylation sites (N-methyl/N-ethyl adjacent to an activating group) is 2. The molecule has 2 aliphatic rings. The maximum Gasteiger partial charge on any atom is 0.414 e. The van der Waals surface area contributed by atoms with E-state index in [0.717, 1.165) is 10.5 Å². The van der Waals surface area contributed by atoms with Crippen molar-refractivity contribution in [2.75, 3.05) is 20.6 Å². The van der Waals surface area contributed by atoms with Crippen LogP contribution in [-0.2, 0) is 4.79 Å². The number of para-hydroxylation sites is 1. The van der Waals surface area contributed by atoms with Crippen molar-refractivity contribution < 1.29 is 19.3 Å². The minimum Gasteiger partial charge on any atom is -0.507 e. The van der Waals surface area contributed by atoms with Crippen LogP contribution < -0.4 is 5.43 Å². The van der Waals surface area contributed by atoms with E-state index in [1.165, 1.54) is 18.2 Å². The van der Waals surface area contributed by atoms with Crippen molar-refractivity contribution in [3.8, 4) is 5.75 Å². The predicted octanol–water partition coefficient (Wildman–Crippen LogP) is 0.565. The number of urea groups is 1. The van der Waals surface area contributed by atoms with E-state index in [9.17, 15) is 14.7 Å². The highest BCUT2D eigenvalue weighted by molar-refractivity contribution is 6.22. The van der Waals surface area contributed by atoms with Gasteiger partial charge in [-0.1, -0.05) is 23.7 Å². The van der Waals surface area contributed by atoms with Gasteiger partial charge in [-0.25, -0.2) is 9.37 Å². The maximum absolute atomic E-state index is 12.7. The molecule has 9 heteroatoms. The van der Waals surface area contributed by atoms with Gasteiger partial charge in [-0.05, 0) is 24.6 Å². The predicted molar refractivity (Wildman–Crippen MR) is 101 cm³/mol. The summed E-state index contributed by atoms with van der Waals surface area (Å²) in [5, 5.41) is 13.9. The van der Waals surface area contributed by atoms with Gasteiger partial charge < -0.3 is 5.11 Å². The Morgan fingerprint density at radius 2 is 2.07 bits per heavy atom. The molecular formula is C18H21N6O3+. The van der Waals surface area contributed by atoms with E-state index >= 15 is 0 Å². The zero-order valence-corrected chi connectivity index (χ0v) is 15.4. The molecule has 1 saturated heterocycles. The first-order valence-corrected chi connectivity index (χ1v) is 8.30. The van der Waals surface area contributed by atoms with E-state index in [4.69, 9.17) is 0 Å². The molecule has 2 N–H and O–H groups in total. The molecule has 1 aromatic rings. The van der Waals surface area contributed by atoms with Gasteiger partial charge in [-0.2, -0.15) is 5.43 Å². The van der Waals surface area contributed by atoms with E-state index in [1.807, 2.05) is 6.92 Å². The molecule has 140 valence electrons. The number of nitrogens with one attached hydrogen (secondary N) is 1. The molecular weight excluding hydrogens is 348 g/mol. The Labute approximate surface area is 156 Å². The van der Waals surface area contributed by atoms with E-state index in [1.54, 1.807) is 35.9 Å². The number of carbonyl (C=O) groups excluding carboxylic acids is 2. The van der Waals surface area contributed by atoms with Crippen LogP contribution in [-0.4, -0.2) is 76.1 Å². The fourth-order valence-electron chi connectivity index (χ4n) is 2.90. The minimum atomic E-state index is -0.725. The molecule has 2 aliphatic heterocycles. The number of aromatic hydroxyl groups is 1. The van der Waals surface area contributed by atoms with Crippen LogP contribution in [0.5, 0.6) is 5.75 Å². The molecule has 0 bridgehead atoms. The Morgan fingerprint density at radius 1 is 1.37 bits per heavy atom. The first-order chi connectivity index (χ1) is 12.8. The van der Waals surface area contributed by atoms with Gasteiger partial charge in [-0.3, -0.25) is 14.6 Å². The summed E-state index contributed by atoms with van der Waals surface area (Å²) in [4.78, 5) is 31.7. The van der Waals surface area contributed by atoms with Crippen LogP contribution in [0.1, 0.15) is 12.5 Å². The molecule has 2 heterocycles. The SMILES string of the molecule is C=C(C)C[N+]1=C(N/N=C/c2ccccc2O)N=C2C1C(=O)N(C)C(=O)N2C. The molecule has 1 unspecified atom stereocenters. The number of rotatable bonds is 4. The summed E-state index contributed by atoms with van der Waals surface area (Å²) in [7, 11) is 3.02. The van der Waals surface area contributed by atoms with Crippen molar-refractivity contribution in [2.45, 2.75) is 13.0 Å². The number of imide groups is 1. The number of guanidine groups is 1. The molecule has 1 atom stereocenters. The number of hydrogen-bond donors (Lipinski definition) is 2. The molecule has 0 radical (unpaired) electrons. The summed E-state index contributed by atoms with van der Waals surface area (Å²) in [5.41, 5.74) is 4.16. The fraction of sp³-hybridized carbons (Fsp3) is 0.278. The topological polar surface area (TPSA) is 101 Å². The van der Waals surface area contributed by atoms with Crippen LogP contribution in [0.15, 0.2) is 46.5 Å². The summed E-state index contributed by atoms with van der Waals surface area (Å²) < 4.78 is 1.71. The van der Waals surface area contributed by atoms with Gasteiger partial charge in [0.05, 0.1) is 12.8 Å². The highest BCUT2D eigenvalue weighted by Gasteiger charge is 2.51. The van der Waals surface area contributed by atoms with Crippen LogP contribution in [0, 0.1) is 0 Å². The standard InChI is InChI=1S/C18H20N6O3/c1-11(2)10-24-14-15(22(3)18(27)23(4)16(14)26)20-17(24)21-19-9-12-7-5-6-8-13(12)25/h5-9,14H,1,10H2,2-4H3,(H,19,25)/p+1. The van der Waals surface area contributed by atoms with Gasteiger partial charge >= 0.3 is 12.0 Å². The largest absolute Gasteiger partial charge is 0.507 e. The quantitative estimate of drug-likeness (QED) is 0.351. The van der Waals surface area contributed by atoms with Crippen molar-refractivity contribution in [3.05, 3.63) is 42.0 Å². The number of amides is 3. The second-order valence-corrected chi connectivity index (χ2v) is 6.45. The molecule has 1 fully saturated rings.